The van der Waals surface area contributed by atoms with E-state index in [1.54, 1.807) is 30.3 Å². The van der Waals surface area contributed by atoms with Gasteiger partial charge in [0.2, 0.25) is 5.91 Å². The van der Waals surface area contributed by atoms with Crippen LogP contribution < -0.4 is 19.7 Å². The number of hydrogen-bond acceptors (Lipinski definition) is 4. The first kappa shape index (κ1) is 19.2. The molecule has 2 amide bonds. The normalized spacial score (nSPS) is 10.2. The van der Waals surface area contributed by atoms with Crippen LogP contribution in [0.5, 0.6) is 11.5 Å². The van der Waals surface area contributed by atoms with Gasteiger partial charge >= 0.3 is 0 Å². The number of carbonyl (C=O) groups is 2. The van der Waals surface area contributed by atoms with E-state index in [0.717, 1.165) is 0 Å². The minimum Gasteiger partial charge on any atom is -0.497 e. The minimum atomic E-state index is -0.494. The third kappa shape index (κ3) is 4.72. The van der Waals surface area contributed by atoms with E-state index in [0.29, 0.717) is 17.1 Å². The van der Waals surface area contributed by atoms with Crippen molar-refractivity contribution in [2.75, 3.05) is 32.2 Å². The number of ether oxygens (including phenoxy) is 2. The van der Waals surface area contributed by atoms with E-state index in [-0.39, 0.29) is 30.6 Å². The maximum absolute atomic E-state index is 13.9. The van der Waals surface area contributed by atoms with Crippen molar-refractivity contribution in [2.45, 2.75) is 6.92 Å². The number of rotatable bonds is 7. The predicted octanol–water partition coefficient (Wildman–Crippen LogP) is 2.63. The number of halogens is 1. The molecule has 0 atom stereocenters. The first-order chi connectivity index (χ1) is 12.5. The summed E-state index contributed by atoms with van der Waals surface area (Å²) in [5.41, 5.74) is 0.541. The van der Waals surface area contributed by atoms with E-state index in [9.17, 15) is 14.0 Å². The molecule has 0 fully saturated rings. The van der Waals surface area contributed by atoms with Crippen LogP contribution in [0.3, 0.4) is 0 Å². The summed E-state index contributed by atoms with van der Waals surface area (Å²) in [4.78, 5) is 25.4. The molecule has 0 radical (unpaired) electrons. The smallest absolute Gasteiger partial charge is 0.251 e. The van der Waals surface area contributed by atoms with Crippen molar-refractivity contribution in [2.24, 2.45) is 0 Å². The summed E-state index contributed by atoms with van der Waals surface area (Å²) in [6, 6.07) is 10.8. The lowest BCUT2D eigenvalue weighted by atomic mass is 10.2. The van der Waals surface area contributed by atoms with Gasteiger partial charge in [0.15, 0.2) is 0 Å². The summed E-state index contributed by atoms with van der Waals surface area (Å²) >= 11 is 0. The standard InChI is InChI=1S/C19H21FN2O4/c1-13(23)22(18-7-5-4-6-17(18)20)9-8-21-19(24)14-10-15(25-2)12-16(11-14)26-3/h4-7,10-12H,8-9H2,1-3H3,(H,21,24). The van der Waals surface area contributed by atoms with Gasteiger partial charge in [-0.05, 0) is 24.3 Å². The zero-order chi connectivity index (χ0) is 19.1. The zero-order valence-corrected chi connectivity index (χ0v) is 14.9. The van der Waals surface area contributed by atoms with Gasteiger partial charge in [0.05, 0.1) is 19.9 Å². The third-order valence-electron chi connectivity index (χ3n) is 3.76. The molecule has 6 nitrogen and oxygen atoms in total. The third-order valence-corrected chi connectivity index (χ3v) is 3.76. The van der Waals surface area contributed by atoms with Gasteiger partial charge in [-0.3, -0.25) is 9.59 Å². The number of nitrogens with zero attached hydrogens (tertiary/aromatic N) is 1. The lowest BCUT2D eigenvalue weighted by molar-refractivity contribution is -0.116. The maximum atomic E-state index is 13.9. The Morgan fingerprint density at radius 1 is 1.08 bits per heavy atom. The molecule has 0 unspecified atom stereocenters. The highest BCUT2D eigenvalue weighted by atomic mass is 19.1. The molecule has 0 aliphatic carbocycles. The van der Waals surface area contributed by atoms with Crippen LogP contribution in [0.4, 0.5) is 10.1 Å². The molecule has 1 N–H and O–H groups in total. The fourth-order valence-corrected chi connectivity index (χ4v) is 2.44. The molecule has 0 aliphatic rings. The van der Waals surface area contributed by atoms with Crippen molar-refractivity contribution in [3.63, 3.8) is 0 Å². The quantitative estimate of drug-likeness (QED) is 0.824. The largest absolute Gasteiger partial charge is 0.497 e. The van der Waals surface area contributed by atoms with Crippen LogP contribution in [0.1, 0.15) is 17.3 Å². The number of para-hydroxylation sites is 1. The Labute approximate surface area is 151 Å². The monoisotopic (exact) mass is 360 g/mol. The highest BCUT2D eigenvalue weighted by Gasteiger charge is 2.16. The van der Waals surface area contributed by atoms with Gasteiger partial charge in [-0.1, -0.05) is 12.1 Å². The van der Waals surface area contributed by atoms with Gasteiger partial charge in [-0.15, -0.1) is 0 Å². The van der Waals surface area contributed by atoms with E-state index in [1.807, 2.05) is 0 Å². The molecule has 0 aromatic heterocycles. The summed E-state index contributed by atoms with van der Waals surface area (Å²) in [7, 11) is 2.99. The van der Waals surface area contributed by atoms with Crippen molar-refractivity contribution in [3.8, 4) is 11.5 Å². The van der Waals surface area contributed by atoms with Gasteiger partial charge in [0, 0.05) is 31.6 Å². The fraction of sp³-hybridized carbons (Fsp3) is 0.263. The Kier molecular flexibility index (Phi) is 6.54. The molecule has 2 aromatic rings. The van der Waals surface area contributed by atoms with Crippen LogP contribution in [-0.4, -0.2) is 39.1 Å². The number of hydrogen-bond donors (Lipinski definition) is 1. The van der Waals surface area contributed by atoms with Crippen molar-refractivity contribution in [1.29, 1.82) is 0 Å². The number of amides is 2. The zero-order valence-electron chi connectivity index (χ0n) is 14.9. The fourth-order valence-electron chi connectivity index (χ4n) is 2.44. The summed E-state index contributed by atoms with van der Waals surface area (Å²) < 4.78 is 24.2. The molecular weight excluding hydrogens is 339 g/mol. The first-order valence-corrected chi connectivity index (χ1v) is 8.00. The SMILES string of the molecule is COc1cc(OC)cc(C(=O)NCCN(C(C)=O)c2ccccc2F)c1. The van der Waals surface area contributed by atoms with E-state index in [1.165, 1.54) is 38.2 Å². The summed E-state index contributed by atoms with van der Waals surface area (Å²) in [6.07, 6.45) is 0. The van der Waals surface area contributed by atoms with E-state index < -0.39 is 5.82 Å². The Balaban J connectivity index is 2.05. The van der Waals surface area contributed by atoms with Crippen molar-refractivity contribution in [3.05, 3.63) is 53.8 Å². The van der Waals surface area contributed by atoms with E-state index >= 15 is 0 Å². The molecule has 2 aromatic carbocycles. The summed E-state index contributed by atoms with van der Waals surface area (Å²) in [5.74, 6) is -0.171. The van der Waals surface area contributed by atoms with Gasteiger partial charge in [-0.25, -0.2) is 4.39 Å². The molecule has 0 saturated heterocycles. The number of nitrogens with one attached hydrogen (secondary N) is 1. The number of carbonyl (C=O) groups excluding carboxylic acids is 2. The van der Waals surface area contributed by atoms with Gasteiger partial charge < -0.3 is 19.7 Å². The predicted molar refractivity (Wildman–Crippen MR) is 96.3 cm³/mol. The minimum absolute atomic E-state index is 0.142. The van der Waals surface area contributed by atoms with Crippen LogP contribution in [0.15, 0.2) is 42.5 Å². The maximum Gasteiger partial charge on any atom is 0.251 e. The molecule has 0 spiro atoms. The number of benzene rings is 2. The summed E-state index contributed by atoms with van der Waals surface area (Å²) in [5, 5.41) is 2.71. The van der Waals surface area contributed by atoms with Crippen LogP contribution in [0.2, 0.25) is 0 Å². The highest BCUT2D eigenvalue weighted by Crippen LogP contribution is 2.22. The molecule has 138 valence electrons. The number of anilines is 1. The van der Waals surface area contributed by atoms with Crippen molar-refractivity contribution in [1.82, 2.24) is 5.32 Å². The molecule has 0 bridgehead atoms. The van der Waals surface area contributed by atoms with Crippen molar-refractivity contribution >= 4 is 17.5 Å². The second-order valence-corrected chi connectivity index (χ2v) is 5.48. The van der Waals surface area contributed by atoms with Crippen LogP contribution >= 0.6 is 0 Å². The molecule has 0 aliphatic heterocycles. The Morgan fingerprint density at radius 2 is 1.69 bits per heavy atom. The van der Waals surface area contributed by atoms with E-state index in [4.69, 9.17) is 9.47 Å². The Bertz CT molecular complexity index is 773. The number of methoxy groups -OCH3 is 2. The second kappa shape index (κ2) is 8.84. The molecular formula is C19H21FN2O4. The molecule has 0 heterocycles. The van der Waals surface area contributed by atoms with Crippen LogP contribution in [0, 0.1) is 5.82 Å². The molecule has 26 heavy (non-hydrogen) atoms. The van der Waals surface area contributed by atoms with Crippen molar-refractivity contribution < 1.29 is 23.5 Å². The van der Waals surface area contributed by atoms with Crippen LogP contribution in [0.25, 0.3) is 0 Å². The lowest BCUT2D eigenvalue weighted by Crippen LogP contribution is -2.38. The Hall–Kier alpha value is -3.09. The van der Waals surface area contributed by atoms with Gasteiger partial charge in [-0.2, -0.15) is 0 Å². The average Bonchev–Trinajstić information content (AvgIpc) is 2.65. The molecule has 0 saturated carbocycles. The lowest BCUT2D eigenvalue weighted by Gasteiger charge is -2.22. The Morgan fingerprint density at radius 3 is 2.23 bits per heavy atom. The second-order valence-electron chi connectivity index (χ2n) is 5.48. The molecule has 7 heteroatoms. The van der Waals surface area contributed by atoms with Gasteiger partial charge in [0.1, 0.15) is 17.3 Å². The first-order valence-electron chi connectivity index (χ1n) is 8.00. The van der Waals surface area contributed by atoms with Crippen LogP contribution in [-0.2, 0) is 4.79 Å². The average molecular weight is 360 g/mol. The highest BCUT2D eigenvalue weighted by molar-refractivity contribution is 5.95. The summed E-state index contributed by atoms with van der Waals surface area (Å²) in [6.45, 7) is 1.65. The molecule has 2 rings (SSSR count). The van der Waals surface area contributed by atoms with Gasteiger partial charge in [0.25, 0.3) is 5.91 Å². The topological polar surface area (TPSA) is 67.9 Å². The van der Waals surface area contributed by atoms with E-state index in [2.05, 4.69) is 5.32 Å².